The first-order chi connectivity index (χ1) is 9.79. The normalized spacial score (nSPS) is 13.2. The number of carbonyl (C=O) groups is 1. The molecule has 0 aliphatic rings. The molecule has 1 atom stereocenters. The number of unbranched alkanes of at least 4 members (excludes halogenated alkanes) is 1. The van der Waals surface area contributed by atoms with Crippen LogP contribution >= 0.6 is 15.9 Å². The Hall–Kier alpha value is -0.840. The van der Waals surface area contributed by atoms with Gasteiger partial charge in [0.05, 0.1) is 5.56 Å². The molecule has 0 heterocycles. The lowest BCUT2D eigenvalue weighted by atomic mass is 9.91. The van der Waals surface area contributed by atoms with E-state index in [-0.39, 0.29) is 17.3 Å². The Morgan fingerprint density at radius 3 is 2.48 bits per heavy atom. The molecule has 5 heteroatoms. The molecular formula is C16H20BrF3O. The summed E-state index contributed by atoms with van der Waals surface area (Å²) >= 11 is 3.17. The van der Waals surface area contributed by atoms with Gasteiger partial charge in [-0.3, -0.25) is 4.79 Å². The summed E-state index contributed by atoms with van der Waals surface area (Å²) in [6.07, 6.45) is -0.232. The van der Waals surface area contributed by atoms with Crippen molar-refractivity contribution in [1.29, 1.82) is 0 Å². The first-order valence-corrected chi connectivity index (χ1v) is 7.98. The van der Waals surface area contributed by atoms with Gasteiger partial charge in [-0.15, -0.1) is 0 Å². The largest absolute Gasteiger partial charge is 0.416 e. The topological polar surface area (TPSA) is 17.1 Å². The van der Waals surface area contributed by atoms with Crippen LogP contribution < -0.4 is 0 Å². The zero-order valence-electron chi connectivity index (χ0n) is 12.3. The van der Waals surface area contributed by atoms with Crippen molar-refractivity contribution < 1.29 is 18.0 Å². The maximum absolute atomic E-state index is 12.7. The summed E-state index contributed by atoms with van der Waals surface area (Å²) in [5.41, 5.74) is -0.657. The zero-order chi connectivity index (χ0) is 16.0. The fourth-order valence-corrected chi connectivity index (χ4v) is 2.70. The molecule has 0 spiro atoms. The van der Waals surface area contributed by atoms with Gasteiger partial charge in [-0.25, -0.2) is 0 Å². The van der Waals surface area contributed by atoms with E-state index in [9.17, 15) is 18.0 Å². The Morgan fingerprint density at radius 1 is 1.29 bits per heavy atom. The van der Waals surface area contributed by atoms with Crippen molar-refractivity contribution in [2.75, 3.05) is 0 Å². The van der Waals surface area contributed by atoms with Crippen LogP contribution in [0.4, 0.5) is 13.2 Å². The van der Waals surface area contributed by atoms with Gasteiger partial charge in [-0.2, -0.15) is 13.2 Å². The minimum absolute atomic E-state index is 0.125. The van der Waals surface area contributed by atoms with Crippen LogP contribution in [-0.4, -0.2) is 5.78 Å². The standard InChI is InChI=1S/C16H20BrF3O/c1-3-5-6-11(4-2)9-15(21)13-10-12(16(18,19)20)7-8-14(13)17/h7-8,10-11H,3-6,9H2,1-2H3. The molecule has 0 saturated heterocycles. The van der Waals surface area contributed by atoms with E-state index in [0.717, 1.165) is 37.8 Å². The molecule has 1 rings (SSSR count). The molecule has 0 radical (unpaired) electrons. The molecule has 0 aromatic heterocycles. The molecule has 1 aromatic rings. The number of carbonyl (C=O) groups excluding carboxylic acids is 1. The first kappa shape index (κ1) is 18.2. The second-order valence-electron chi connectivity index (χ2n) is 5.24. The average Bonchev–Trinajstić information content (AvgIpc) is 2.42. The maximum Gasteiger partial charge on any atom is 0.416 e. The van der Waals surface area contributed by atoms with Crippen LogP contribution in [0.2, 0.25) is 0 Å². The second-order valence-corrected chi connectivity index (χ2v) is 6.09. The van der Waals surface area contributed by atoms with Crippen molar-refractivity contribution in [2.24, 2.45) is 5.92 Å². The van der Waals surface area contributed by atoms with Crippen LogP contribution in [0.3, 0.4) is 0 Å². The van der Waals surface area contributed by atoms with E-state index >= 15 is 0 Å². The van der Waals surface area contributed by atoms with Crippen molar-refractivity contribution in [1.82, 2.24) is 0 Å². The van der Waals surface area contributed by atoms with Crippen molar-refractivity contribution >= 4 is 21.7 Å². The lowest BCUT2D eigenvalue weighted by molar-refractivity contribution is -0.137. The summed E-state index contributed by atoms with van der Waals surface area (Å²) < 4.78 is 38.6. The van der Waals surface area contributed by atoms with E-state index in [0.29, 0.717) is 10.9 Å². The van der Waals surface area contributed by atoms with Gasteiger partial charge in [0.1, 0.15) is 0 Å². The summed E-state index contributed by atoms with van der Waals surface area (Å²) in [6, 6.07) is 3.22. The Labute approximate surface area is 132 Å². The second kappa shape index (κ2) is 7.97. The van der Waals surface area contributed by atoms with Crippen LogP contribution in [0.15, 0.2) is 22.7 Å². The third-order valence-corrected chi connectivity index (χ3v) is 4.30. The quantitative estimate of drug-likeness (QED) is 0.522. The van der Waals surface area contributed by atoms with Gasteiger partial charge in [0.15, 0.2) is 5.78 Å². The van der Waals surface area contributed by atoms with Gasteiger partial charge in [-0.1, -0.05) is 55.5 Å². The van der Waals surface area contributed by atoms with Gasteiger partial charge in [0.2, 0.25) is 0 Å². The Bertz CT molecular complexity index is 483. The Morgan fingerprint density at radius 2 is 1.95 bits per heavy atom. The van der Waals surface area contributed by atoms with E-state index in [4.69, 9.17) is 0 Å². The van der Waals surface area contributed by atoms with E-state index < -0.39 is 11.7 Å². The first-order valence-electron chi connectivity index (χ1n) is 7.19. The molecule has 0 saturated carbocycles. The molecular weight excluding hydrogens is 345 g/mol. The van der Waals surface area contributed by atoms with E-state index in [2.05, 4.69) is 22.9 Å². The minimum atomic E-state index is -4.43. The SMILES string of the molecule is CCCCC(CC)CC(=O)c1cc(C(F)(F)F)ccc1Br. The van der Waals surface area contributed by atoms with Crippen LogP contribution in [0.25, 0.3) is 0 Å². The lowest BCUT2D eigenvalue weighted by Gasteiger charge is -2.15. The summed E-state index contributed by atoms with van der Waals surface area (Å²) in [4.78, 5) is 12.3. The van der Waals surface area contributed by atoms with Gasteiger partial charge >= 0.3 is 6.18 Å². The minimum Gasteiger partial charge on any atom is -0.294 e. The van der Waals surface area contributed by atoms with Gasteiger partial charge in [-0.05, 0) is 24.1 Å². The smallest absolute Gasteiger partial charge is 0.294 e. The van der Waals surface area contributed by atoms with Crippen LogP contribution in [0.1, 0.15) is 61.9 Å². The number of rotatable bonds is 7. The molecule has 118 valence electrons. The number of Topliss-reactive ketones (excluding diaryl/α,β-unsaturated/α-hetero) is 1. The molecule has 1 nitrogen and oxygen atoms in total. The molecule has 0 amide bonds. The highest BCUT2D eigenvalue weighted by atomic mass is 79.9. The fourth-order valence-electron chi connectivity index (χ4n) is 2.23. The number of hydrogen-bond acceptors (Lipinski definition) is 1. The van der Waals surface area contributed by atoms with Gasteiger partial charge < -0.3 is 0 Å². The van der Waals surface area contributed by atoms with E-state index in [1.807, 2.05) is 6.92 Å². The summed E-state index contributed by atoms with van der Waals surface area (Å²) in [5.74, 6) is 0.00909. The van der Waals surface area contributed by atoms with Crippen molar-refractivity contribution in [2.45, 2.75) is 52.1 Å². The highest BCUT2D eigenvalue weighted by Crippen LogP contribution is 2.33. The van der Waals surface area contributed by atoms with Crippen molar-refractivity contribution in [3.05, 3.63) is 33.8 Å². The maximum atomic E-state index is 12.7. The van der Waals surface area contributed by atoms with Crippen LogP contribution in [0.5, 0.6) is 0 Å². The molecule has 0 bridgehead atoms. The Balaban J connectivity index is 2.91. The zero-order valence-corrected chi connectivity index (χ0v) is 13.9. The number of benzene rings is 1. The Kier molecular flexibility index (Phi) is 6.91. The molecule has 0 aliphatic heterocycles. The van der Waals surface area contributed by atoms with E-state index in [1.165, 1.54) is 6.07 Å². The molecule has 0 aliphatic carbocycles. The number of ketones is 1. The van der Waals surface area contributed by atoms with E-state index in [1.54, 1.807) is 0 Å². The highest BCUT2D eigenvalue weighted by molar-refractivity contribution is 9.10. The monoisotopic (exact) mass is 364 g/mol. The third-order valence-electron chi connectivity index (χ3n) is 3.61. The molecule has 1 aromatic carbocycles. The average molecular weight is 365 g/mol. The predicted octanol–water partition coefficient (Wildman–Crippen LogP) is 6.26. The van der Waals surface area contributed by atoms with Crippen LogP contribution in [-0.2, 0) is 6.18 Å². The van der Waals surface area contributed by atoms with Crippen LogP contribution in [0, 0.1) is 5.92 Å². The van der Waals surface area contributed by atoms with Gasteiger partial charge in [0, 0.05) is 16.5 Å². The third kappa shape index (κ3) is 5.46. The highest BCUT2D eigenvalue weighted by Gasteiger charge is 2.31. The molecule has 0 N–H and O–H groups in total. The fraction of sp³-hybridized carbons (Fsp3) is 0.562. The molecule has 0 fully saturated rings. The molecule has 1 unspecified atom stereocenters. The summed E-state index contributed by atoms with van der Waals surface area (Å²) in [7, 11) is 0. The number of halogens is 4. The van der Waals surface area contributed by atoms with Crippen molar-refractivity contribution in [3.8, 4) is 0 Å². The predicted molar refractivity (Wildman–Crippen MR) is 81.4 cm³/mol. The summed E-state index contributed by atoms with van der Waals surface area (Å²) in [6.45, 7) is 4.09. The van der Waals surface area contributed by atoms with Gasteiger partial charge in [0.25, 0.3) is 0 Å². The lowest BCUT2D eigenvalue weighted by Crippen LogP contribution is -2.11. The number of alkyl halides is 3. The van der Waals surface area contributed by atoms with Crippen molar-refractivity contribution in [3.63, 3.8) is 0 Å². The summed E-state index contributed by atoms with van der Waals surface area (Å²) in [5, 5.41) is 0. The molecule has 21 heavy (non-hydrogen) atoms. The number of hydrogen-bond donors (Lipinski definition) is 0.